The second kappa shape index (κ2) is 3.31. The molecule has 0 aliphatic heterocycles. The summed E-state index contributed by atoms with van der Waals surface area (Å²) in [5, 5.41) is 1.52. The monoisotopic (exact) mass is 205 g/mol. The maximum Gasteiger partial charge on any atom is 0.252 e. The van der Waals surface area contributed by atoms with Crippen LogP contribution in [0.15, 0.2) is 36.4 Å². The third-order valence-electron chi connectivity index (χ3n) is 2.09. The Labute approximate surface area is 86.3 Å². The molecule has 0 aliphatic rings. The number of carbonyl (C=O) groups excluding carboxylic acids is 1. The van der Waals surface area contributed by atoms with Crippen LogP contribution in [0.4, 0.5) is 5.69 Å². The minimum Gasteiger partial charge on any atom is -0.399 e. The van der Waals surface area contributed by atoms with Gasteiger partial charge in [0.15, 0.2) is 0 Å². The lowest BCUT2D eigenvalue weighted by Crippen LogP contribution is -1.89. The molecular weight excluding hydrogens is 198 g/mol. The van der Waals surface area contributed by atoms with Gasteiger partial charge in [0.1, 0.15) is 0 Å². The lowest BCUT2D eigenvalue weighted by Gasteiger charge is -2.00. The highest BCUT2D eigenvalue weighted by Gasteiger charge is 2.02. The van der Waals surface area contributed by atoms with Crippen LogP contribution in [0.2, 0.25) is 0 Å². The van der Waals surface area contributed by atoms with Crippen molar-refractivity contribution in [3.63, 3.8) is 0 Å². The predicted molar refractivity (Wildman–Crippen MR) is 58.5 cm³/mol. The number of anilines is 1. The number of halogens is 1. The van der Waals surface area contributed by atoms with Gasteiger partial charge in [0.25, 0.3) is 5.24 Å². The summed E-state index contributed by atoms with van der Waals surface area (Å²) in [6.07, 6.45) is 0. The van der Waals surface area contributed by atoms with E-state index in [1.54, 1.807) is 12.1 Å². The van der Waals surface area contributed by atoms with E-state index in [1.165, 1.54) is 0 Å². The highest BCUT2D eigenvalue weighted by molar-refractivity contribution is 6.67. The van der Waals surface area contributed by atoms with Crippen LogP contribution in [-0.4, -0.2) is 5.24 Å². The molecule has 0 radical (unpaired) electrons. The van der Waals surface area contributed by atoms with Gasteiger partial charge in [-0.2, -0.15) is 0 Å². The summed E-state index contributed by atoms with van der Waals surface area (Å²) in [5.41, 5.74) is 6.80. The first-order chi connectivity index (χ1) is 6.66. The number of hydrogen-bond donors (Lipinski definition) is 1. The van der Waals surface area contributed by atoms with Gasteiger partial charge in [0.05, 0.1) is 0 Å². The van der Waals surface area contributed by atoms with Gasteiger partial charge in [-0.25, -0.2) is 0 Å². The fraction of sp³-hybridized carbons (Fsp3) is 0. The zero-order valence-electron chi connectivity index (χ0n) is 7.33. The normalized spacial score (nSPS) is 10.4. The van der Waals surface area contributed by atoms with Gasteiger partial charge in [0, 0.05) is 11.3 Å². The molecule has 70 valence electrons. The first kappa shape index (κ1) is 9.03. The molecule has 0 fully saturated rings. The Bertz CT molecular complexity index is 508. The second-order valence-corrected chi connectivity index (χ2v) is 3.44. The molecule has 0 saturated carbocycles. The minimum absolute atomic E-state index is 0.450. The topological polar surface area (TPSA) is 43.1 Å². The Morgan fingerprint density at radius 2 is 1.79 bits per heavy atom. The summed E-state index contributed by atoms with van der Waals surface area (Å²) >= 11 is 5.37. The van der Waals surface area contributed by atoms with E-state index in [0.717, 1.165) is 10.8 Å². The molecule has 0 aliphatic carbocycles. The van der Waals surface area contributed by atoms with Crippen molar-refractivity contribution >= 4 is 33.3 Å². The molecule has 2 aromatic carbocycles. The highest BCUT2D eigenvalue weighted by atomic mass is 35.5. The van der Waals surface area contributed by atoms with E-state index >= 15 is 0 Å². The van der Waals surface area contributed by atoms with E-state index in [-0.39, 0.29) is 0 Å². The molecule has 0 atom stereocenters. The van der Waals surface area contributed by atoms with Crippen LogP contribution >= 0.6 is 11.6 Å². The number of fused-ring (bicyclic) bond motifs is 1. The summed E-state index contributed by atoms with van der Waals surface area (Å²) in [4.78, 5) is 10.9. The van der Waals surface area contributed by atoms with Crippen LogP contribution in [0.25, 0.3) is 10.8 Å². The molecule has 0 bridgehead atoms. The van der Waals surface area contributed by atoms with Crippen molar-refractivity contribution in [1.82, 2.24) is 0 Å². The van der Waals surface area contributed by atoms with Gasteiger partial charge in [-0.3, -0.25) is 4.79 Å². The number of nitrogen functional groups attached to an aromatic ring is 1. The number of hydrogen-bond acceptors (Lipinski definition) is 2. The van der Waals surface area contributed by atoms with Crippen LogP contribution in [0.3, 0.4) is 0 Å². The number of nitrogens with two attached hydrogens (primary N) is 1. The van der Waals surface area contributed by atoms with Crippen molar-refractivity contribution in [1.29, 1.82) is 0 Å². The van der Waals surface area contributed by atoms with Crippen molar-refractivity contribution in [3.8, 4) is 0 Å². The lowest BCUT2D eigenvalue weighted by atomic mass is 10.1. The van der Waals surface area contributed by atoms with Crippen LogP contribution < -0.4 is 5.73 Å². The molecule has 3 heteroatoms. The van der Waals surface area contributed by atoms with E-state index in [9.17, 15) is 4.79 Å². The summed E-state index contributed by atoms with van der Waals surface area (Å²) < 4.78 is 0. The van der Waals surface area contributed by atoms with Gasteiger partial charge in [-0.1, -0.05) is 12.1 Å². The first-order valence-electron chi connectivity index (χ1n) is 4.16. The first-order valence-corrected chi connectivity index (χ1v) is 4.54. The van der Waals surface area contributed by atoms with Gasteiger partial charge in [-0.05, 0) is 46.6 Å². The fourth-order valence-corrected chi connectivity index (χ4v) is 1.51. The lowest BCUT2D eigenvalue weighted by molar-refractivity contribution is 0.108. The van der Waals surface area contributed by atoms with Gasteiger partial charge in [-0.15, -0.1) is 0 Å². The molecule has 2 rings (SSSR count). The smallest absolute Gasteiger partial charge is 0.252 e. The predicted octanol–water partition coefficient (Wildman–Crippen LogP) is 2.80. The summed E-state index contributed by atoms with van der Waals surface area (Å²) in [6, 6.07) is 10.8. The molecule has 0 unspecified atom stereocenters. The van der Waals surface area contributed by atoms with E-state index in [1.807, 2.05) is 24.3 Å². The SMILES string of the molecule is Nc1ccc2ccc(C(=O)Cl)cc2c1. The van der Waals surface area contributed by atoms with Crippen LogP contribution in [0.1, 0.15) is 10.4 Å². The Kier molecular flexibility index (Phi) is 2.14. The van der Waals surface area contributed by atoms with Crippen LogP contribution in [-0.2, 0) is 0 Å². The molecule has 2 aromatic rings. The maximum atomic E-state index is 10.9. The Morgan fingerprint density at radius 1 is 1.07 bits per heavy atom. The van der Waals surface area contributed by atoms with Gasteiger partial charge >= 0.3 is 0 Å². The third-order valence-corrected chi connectivity index (χ3v) is 2.31. The molecule has 2 nitrogen and oxygen atoms in total. The van der Waals surface area contributed by atoms with Crippen molar-refractivity contribution in [3.05, 3.63) is 42.0 Å². The second-order valence-electron chi connectivity index (χ2n) is 3.10. The largest absolute Gasteiger partial charge is 0.399 e. The zero-order chi connectivity index (χ0) is 10.1. The average Bonchev–Trinajstić information content (AvgIpc) is 2.16. The van der Waals surface area contributed by atoms with Crippen LogP contribution in [0.5, 0.6) is 0 Å². The van der Waals surface area contributed by atoms with Crippen molar-refractivity contribution in [2.24, 2.45) is 0 Å². The molecular formula is C11H8ClNO. The maximum absolute atomic E-state index is 10.9. The molecule has 0 saturated heterocycles. The molecule has 2 N–H and O–H groups in total. The number of rotatable bonds is 1. The van der Waals surface area contributed by atoms with Crippen molar-refractivity contribution in [2.75, 3.05) is 5.73 Å². The van der Waals surface area contributed by atoms with Crippen molar-refractivity contribution in [2.45, 2.75) is 0 Å². The zero-order valence-corrected chi connectivity index (χ0v) is 8.08. The quantitative estimate of drug-likeness (QED) is 0.575. The molecule has 14 heavy (non-hydrogen) atoms. The summed E-state index contributed by atoms with van der Waals surface area (Å²) in [5.74, 6) is 0. The van der Waals surface area contributed by atoms with Crippen LogP contribution in [0, 0.1) is 0 Å². The minimum atomic E-state index is -0.450. The number of benzene rings is 2. The standard InChI is InChI=1S/C11H8ClNO/c12-11(14)8-2-1-7-3-4-10(13)6-9(7)5-8/h1-6H,13H2. The Hall–Kier alpha value is -1.54. The fourth-order valence-electron chi connectivity index (χ4n) is 1.39. The Morgan fingerprint density at radius 3 is 2.50 bits per heavy atom. The number of carbonyl (C=O) groups is 1. The van der Waals surface area contributed by atoms with Gasteiger partial charge < -0.3 is 5.73 Å². The molecule has 0 amide bonds. The Balaban J connectivity index is 2.69. The molecule has 0 heterocycles. The average molecular weight is 206 g/mol. The highest BCUT2D eigenvalue weighted by Crippen LogP contribution is 2.19. The van der Waals surface area contributed by atoms with E-state index in [0.29, 0.717) is 11.3 Å². The van der Waals surface area contributed by atoms with E-state index in [2.05, 4.69) is 0 Å². The third kappa shape index (κ3) is 1.56. The summed E-state index contributed by atoms with van der Waals surface area (Å²) in [6.45, 7) is 0. The van der Waals surface area contributed by atoms with E-state index < -0.39 is 5.24 Å². The van der Waals surface area contributed by atoms with Crippen molar-refractivity contribution < 1.29 is 4.79 Å². The molecule has 0 spiro atoms. The van der Waals surface area contributed by atoms with Gasteiger partial charge in [0.2, 0.25) is 0 Å². The van der Waals surface area contributed by atoms with E-state index in [4.69, 9.17) is 17.3 Å². The molecule has 0 aromatic heterocycles. The summed E-state index contributed by atoms with van der Waals surface area (Å²) in [7, 11) is 0.